The lowest BCUT2D eigenvalue weighted by Crippen LogP contribution is -2.19. The molecule has 0 aliphatic carbocycles. The highest BCUT2D eigenvalue weighted by Gasteiger charge is 2.01. The minimum absolute atomic E-state index is 0.430. The number of nitrogens with two attached hydrogens (primary N) is 1. The van der Waals surface area contributed by atoms with Gasteiger partial charge in [-0.2, -0.15) is 0 Å². The third kappa shape index (κ3) is 5.13. The molecule has 0 heterocycles. The largest absolute Gasteiger partial charge is 0.457 e. The van der Waals surface area contributed by atoms with E-state index in [-0.39, 0.29) is 0 Å². The average molecular weight is 297 g/mol. The fourth-order valence-electron chi connectivity index (χ4n) is 1.66. The van der Waals surface area contributed by atoms with E-state index in [1.807, 2.05) is 48.5 Å². The van der Waals surface area contributed by atoms with Crippen LogP contribution in [0, 0.1) is 0 Å². The van der Waals surface area contributed by atoms with Gasteiger partial charge in [-0.3, -0.25) is 4.79 Å². The van der Waals surface area contributed by atoms with Crippen molar-refractivity contribution in [3.05, 3.63) is 66.2 Å². The van der Waals surface area contributed by atoms with Crippen LogP contribution < -0.4 is 10.5 Å². The third-order valence-electron chi connectivity index (χ3n) is 2.61. The predicted molar refractivity (Wildman–Crippen MR) is 82.1 cm³/mol. The summed E-state index contributed by atoms with van der Waals surface area (Å²) in [6, 6.07) is 16.6. The van der Waals surface area contributed by atoms with Crippen LogP contribution >= 0.6 is 0 Å². The molecule has 0 atom stereocenters. The van der Waals surface area contributed by atoms with Gasteiger partial charge >= 0.3 is 5.97 Å². The van der Waals surface area contributed by atoms with Crippen molar-refractivity contribution in [3.63, 3.8) is 0 Å². The van der Waals surface area contributed by atoms with Crippen LogP contribution in [0.15, 0.2) is 60.7 Å². The van der Waals surface area contributed by atoms with Crippen molar-refractivity contribution < 1.29 is 19.1 Å². The Balaban J connectivity index is 1.99. The molecule has 0 bridgehead atoms. The zero-order valence-corrected chi connectivity index (χ0v) is 11.8. The number of esters is 1. The molecule has 2 rings (SSSR count). The minimum atomic E-state index is -0.694. The SMILES string of the molecule is NC(=O)COC(=O)/C=C/c1cccc(Oc2ccccc2)c1. The summed E-state index contributed by atoms with van der Waals surface area (Å²) in [6.45, 7) is -0.430. The van der Waals surface area contributed by atoms with Crippen molar-refractivity contribution in [2.75, 3.05) is 6.61 Å². The Kier molecular flexibility index (Phi) is 5.31. The molecule has 0 saturated heterocycles. The Morgan fingerprint density at radius 2 is 1.73 bits per heavy atom. The van der Waals surface area contributed by atoms with Crippen LogP contribution in [0.25, 0.3) is 6.08 Å². The number of carbonyl (C=O) groups is 2. The molecular formula is C17H15NO4. The van der Waals surface area contributed by atoms with E-state index in [0.29, 0.717) is 5.75 Å². The maximum atomic E-state index is 11.3. The van der Waals surface area contributed by atoms with Crippen LogP contribution in [-0.4, -0.2) is 18.5 Å². The van der Waals surface area contributed by atoms with Gasteiger partial charge in [-0.25, -0.2) is 4.79 Å². The number of carbonyl (C=O) groups excluding carboxylic acids is 2. The second-order valence-corrected chi connectivity index (χ2v) is 4.39. The third-order valence-corrected chi connectivity index (χ3v) is 2.61. The summed E-state index contributed by atoms with van der Waals surface area (Å²) in [4.78, 5) is 21.8. The summed E-state index contributed by atoms with van der Waals surface area (Å²) in [7, 11) is 0. The van der Waals surface area contributed by atoms with Crippen LogP contribution in [0.4, 0.5) is 0 Å². The summed E-state index contributed by atoms with van der Waals surface area (Å²) < 4.78 is 10.3. The molecule has 0 aliphatic heterocycles. The number of rotatable bonds is 6. The highest BCUT2D eigenvalue weighted by molar-refractivity contribution is 5.89. The summed E-state index contributed by atoms with van der Waals surface area (Å²) in [5, 5.41) is 0. The van der Waals surface area contributed by atoms with Gasteiger partial charge in [0.25, 0.3) is 5.91 Å². The first kappa shape index (κ1) is 15.3. The van der Waals surface area contributed by atoms with Crippen molar-refractivity contribution in [1.29, 1.82) is 0 Å². The quantitative estimate of drug-likeness (QED) is 0.656. The normalized spacial score (nSPS) is 10.4. The molecule has 5 heteroatoms. The first-order valence-electron chi connectivity index (χ1n) is 6.59. The number of hydrogen-bond acceptors (Lipinski definition) is 4. The lowest BCUT2D eigenvalue weighted by atomic mass is 10.2. The number of para-hydroxylation sites is 1. The molecule has 112 valence electrons. The van der Waals surface area contributed by atoms with Crippen LogP contribution in [0.3, 0.4) is 0 Å². The Morgan fingerprint density at radius 1 is 1.00 bits per heavy atom. The highest BCUT2D eigenvalue weighted by atomic mass is 16.5. The molecular weight excluding hydrogens is 282 g/mol. The van der Waals surface area contributed by atoms with Gasteiger partial charge in [-0.1, -0.05) is 30.3 Å². The second kappa shape index (κ2) is 7.64. The number of hydrogen-bond donors (Lipinski definition) is 1. The van der Waals surface area contributed by atoms with E-state index in [2.05, 4.69) is 4.74 Å². The Morgan fingerprint density at radius 3 is 2.45 bits per heavy atom. The maximum Gasteiger partial charge on any atom is 0.331 e. The van der Waals surface area contributed by atoms with Gasteiger partial charge in [-0.15, -0.1) is 0 Å². The molecule has 0 aromatic heterocycles. The zero-order valence-electron chi connectivity index (χ0n) is 11.8. The predicted octanol–water partition coefficient (Wildman–Crippen LogP) is 2.52. The van der Waals surface area contributed by atoms with Crippen LogP contribution in [0.5, 0.6) is 11.5 Å². The van der Waals surface area contributed by atoms with Gasteiger partial charge in [-0.05, 0) is 35.9 Å². The van der Waals surface area contributed by atoms with E-state index in [1.54, 1.807) is 12.1 Å². The van der Waals surface area contributed by atoms with Crippen LogP contribution in [0.1, 0.15) is 5.56 Å². The molecule has 2 N–H and O–H groups in total. The molecule has 1 amide bonds. The number of ether oxygens (including phenoxy) is 2. The smallest absolute Gasteiger partial charge is 0.331 e. The summed E-state index contributed by atoms with van der Waals surface area (Å²) in [6.07, 6.45) is 2.80. The monoisotopic (exact) mass is 297 g/mol. The summed E-state index contributed by atoms with van der Waals surface area (Å²) in [5.74, 6) is 0.0524. The van der Waals surface area contributed by atoms with Gasteiger partial charge in [0.1, 0.15) is 11.5 Å². The van der Waals surface area contributed by atoms with E-state index in [0.717, 1.165) is 11.3 Å². The van der Waals surface area contributed by atoms with E-state index >= 15 is 0 Å². The minimum Gasteiger partial charge on any atom is -0.457 e. The molecule has 2 aromatic carbocycles. The number of primary amides is 1. The second-order valence-electron chi connectivity index (χ2n) is 4.39. The molecule has 0 saturated carbocycles. The van der Waals surface area contributed by atoms with E-state index in [1.165, 1.54) is 6.08 Å². The zero-order chi connectivity index (χ0) is 15.8. The number of benzene rings is 2. The topological polar surface area (TPSA) is 78.6 Å². The lowest BCUT2D eigenvalue weighted by Gasteiger charge is -2.05. The molecule has 0 aliphatic rings. The van der Waals surface area contributed by atoms with Gasteiger partial charge < -0.3 is 15.2 Å². The van der Waals surface area contributed by atoms with Gasteiger partial charge in [0.15, 0.2) is 6.61 Å². The van der Waals surface area contributed by atoms with Crippen molar-refractivity contribution in [1.82, 2.24) is 0 Å². The molecule has 2 aromatic rings. The van der Waals surface area contributed by atoms with Crippen molar-refractivity contribution in [2.45, 2.75) is 0 Å². The molecule has 5 nitrogen and oxygen atoms in total. The summed E-state index contributed by atoms with van der Waals surface area (Å²) >= 11 is 0. The number of amides is 1. The highest BCUT2D eigenvalue weighted by Crippen LogP contribution is 2.22. The molecule has 0 fully saturated rings. The van der Waals surface area contributed by atoms with E-state index < -0.39 is 18.5 Å². The first-order valence-corrected chi connectivity index (χ1v) is 6.59. The Hall–Kier alpha value is -3.08. The molecule has 0 radical (unpaired) electrons. The van der Waals surface area contributed by atoms with Gasteiger partial charge in [0.2, 0.25) is 0 Å². The fraction of sp³-hybridized carbons (Fsp3) is 0.0588. The standard InChI is InChI=1S/C17H15NO4/c18-16(19)12-21-17(20)10-9-13-5-4-8-15(11-13)22-14-6-2-1-3-7-14/h1-11H,12H2,(H2,18,19)/b10-9+. The van der Waals surface area contributed by atoms with Gasteiger partial charge in [0.05, 0.1) is 0 Å². The molecule has 22 heavy (non-hydrogen) atoms. The first-order chi connectivity index (χ1) is 10.6. The van der Waals surface area contributed by atoms with E-state index in [9.17, 15) is 9.59 Å². The lowest BCUT2D eigenvalue weighted by molar-refractivity contribution is -0.142. The van der Waals surface area contributed by atoms with Crippen LogP contribution in [-0.2, 0) is 14.3 Å². The Bertz CT molecular complexity index is 680. The van der Waals surface area contributed by atoms with E-state index in [4.69, 9.17) is 10.5 Å². The average Bonchev–Trinajstić information content (AvgIpc) is 2.52. The van der Waals surface area contributed by atoms with Crippen molar-refractivity contribution in [2.24, 2.45) is 5.73 Å². The van der Waals surface area contributed by atoms with Gasteiger partial charge in [0, 0.05) is 6.08 Å². The fourth-order valence-corrected chi connectivity index (χ4v) is 1.66. The molecule has 0 unspecified atom stereocenters. The molecule has 0 spiro atoms. The Labute approximate surface area is 128 Å². The van der Waals surface area contributed by atoms with Crippen molar-refractivity contribution >= 4 is 18.0 Å². The maximum absolute atomic E-state index is 11.3. The van der Waals surface area contributed by atoms with Crippen molar-refractivity contribution in [3.8, 4) is 11.5 Å². The van der Waals surface area contributed by atoms with Crippen LogP contribution in [0.2, 0.25) is 0 Å². The summed E-state index contributed by atoms with van der Waals surface area (Å²) in [5.41, 5.74) is 5.65.